The molecule has 29 heavy (non-hydrogen) atoms. The van der Waals surface area contributed by atoms with E-state index in [1.807, 2.05) is 0 Å². The molecule has 5 rings (SSSR count). The first kappa shape index (κ1) is 18.1. The average molecular weight is 408 g/mol. The number of anilines is 1. The van der Waals surface area contributed by atoms with Crippen LogP contribution in [0.25, 0.3) is 0 Å². The third-order valence-corrected chi connectivity index (χ3v) is 5.60. The first-order chi connectivity index (χ1) is 13.9. The zero-order valence-electron chi connectivity index (χ0n) is 15.4. The Bertz CT molecular complexity index is 953. The van der Waals surface area contributed by atoms with E-state index in [2.05, 4.69) is 10.4 Å². The van der Waals surface area contributed by atoms with Crippen molar-refractivity contribution < 1.29 is 27.4 Å². The molecule has 1 saturated heterocycles. The zero-order chi connectivity index (χ0) is 20.2. The first-order valence-corrected chi connectivity index (χ1v) is 9.52. The molecule has 0 saturated carbocycles. The molecular weight excluding hydrogens is 389 g/mol. The van der Waals surface area contributed by atoms with Crippen LogP contribution in [-0.2, 0) is 0 Å². The zero-order valence-corrected chi connectivity index (χ0v) is 15.4. The van der Waals surface area contributed by atoms with Crippen LogP contribution in [0.4, 0.5) is 19.0 Å². The maximum Gasteiger partial charge on any atom is 0.410 e. The largest absolute Gasteiger partial charge is 0.454 e. The molecule has 1 N–H and O–H groups in total. The van der Waals surface area contributed by atoms with Crippen LogP contribution in [0, 0.1) is 0 Å². The molecule has 2 aromatic rings. The highest BCUT2D eigenvalue weighted by Gasteiger charge is 2.47. The summed E-state index contributed by atoms with van der Waals surface area (Å²) in [5, 5.41) is 7.13. The number of hydrogen-bond acceptors (Lipinski definition) is 5. The molecule has 0 radical (unpaired) electrons. The van der Waals surface area contributed by atoms with Crippen LogP contribution in [-0.4, -0.2) is 46.6 Å². The summed E-state index contributed by atoms with van der Waals surface area (Å²) in [6.07, 6.45) is -2.94. The summed E-state index contributed by atoms with van der Waals surface area (Å²) in [7, 11) is 0. The number of alkyl halides is 3. The lowest BCUT2D eigenvalue weighted by molar-refractivity contribution is -0.173. The van der Waals surface area contributed by atoms with Gasteiger partial charge in [0.2, 0.25) is 6.79 Å². The van der Waals surface area contributed by atoms with Crippen LogP contribution in [0.15, 0.2) is 24.3 Å². The monoisotopic (exact) mass is 408 g/mol. The molecule has 10 heteroatoms. The van der Waals surface area contributed by atoms with E-state index in [4.69, 9.17) is 9.47 Å². The fourth-order valence-corrected chi connectivity index (χ4v) is 4.11. The van der Waals surface area contributed by atoms with Gasteiger partial charge in [-0.25, -0.2) is 4.68 Å². The van der Waals surface area contributed by atoms with E-state index in [1.54, 1.807) is 23.1 Å². The summed E-state index contributed by atoms with van der Waals surface area (Å²) < 4.78 is 52.9. The Morgan fingerprint density at radius 3 is 2.66 bits per heavy atom. The van der Waals surface area contributed by atoms with Crippen molar-refractivity contribution >= 4 is 11.7 Å². The summed E-state index contributed by atoms with van der Waals surface area (Å²) in [5.41, 5.74) is 0.693. The third-order valence-electron chi connectivity index (χ3n) is 5.60. The van der Waals surface area contributed by atoms with Gasteiger partial charge >= 0.3 is 6.18 Å². The molecule has 1 fully saturated rings. The van der Waals surface area contributed by atoms with Crippen LogP contribution in [0.1, 0.15) is 47.4 Å². The second-order valence-electron chi connectivity index (χ2n) is 7.46. The number of ether oxygens (including phenoxy) is 2. The number of halogens is 3. The summed E-state index contributed by atoms with van der Waals surface area (Å²) in [5.74, 6) is 0.938. The summed E-state index contributed by atoms with van der Waals surface area (Å²) >= 11 is 0. The molecule has 3 aliphatic heterocycles. The predicted octanol–water partition coefficient (Wildman–Crippen LogP) is 3.51. The second-order valence-corrected chi connectivity index (χ2v) is 7.46. The van der Waals surface area contributed by atoms with Gasteiger partial charge in [-0.3, -0.25) is 4.79 Å². The van der Waals surface area contributed by atoms with E-state index in [0.29, 0.717) is 30.2 Å². The smallest absolute Gasteiger partial charge is 0.410 e. The number of rotatable bonds is 2. The maximum absolute atomic E-state index is 13.8. The summed E-state index contributed by atoms with van der Waals surface area (Å²) in [4.78, 5) is 14.2. The van der Waals surface area contributed by atoms with Gasteiger partial charge in [-0.05, 0) is 30.5 Å². The van der Waals surface area contributed by atoms with Crippen molar-refractivity contribution in [3.8, 4) is 11.5 Å². The number of hydrogen-bond donors (Lipinski definition) is 1. The van der Waals surface area contributed by atoms with Gasteiger partial charge in [0, 0.05) is 25.6 Å². The van der Waals surface area contributed by atoms with Gasteiger partial charge in [0.15, 0.2) is 23.2 Å². The third kappa shape index (κ3) is 3.16. The van der Waals surface area contributed by atoms with E-state index >= 15 is 0 Å². The van der Waals surface area contributed by atoms with E-state index in [9.17, 15) is 18.0 Å². The molecule has 4 heterocycles. The van der Waals surface area contributed by atoms with Crippen molar-refractivity contribution in [2.45, 2.75) is 37.5 Å². The van der Waals surface area contributed by atoms with Gasteiger partial charge in [0.1, 0.15) is 5.82 Å². The van der Waals surface area contributed by atoms with Crippen molar-refractivity contribution in [3.63, 3.8) is 0 Å². The van der Waals surface area contributed by atoms with Gasteiger partial charge in [-0.1, -0.05) is 6.07 Å². The minimum absolute atomic E-state index is 0.0370. The molecule has 3 aliphatic rings. The van der Waals surface area contributed by atoms with Gasteiger partial charge in [0.25, 0.3) is 5.91 Å². The van der Waals surface area contributed by atoms with Crippen molar-refractivity contribution in [1.29, 1.82) is 0 Å². The number of likely N-dealkylation sites (tertiary alicyclic amines) is 1. The Balaban J connectivity index is 1.48. The van der Waals surface area contributed by atoms with Crippen LogP contribution in [0.5, 0.6) is 11.5 Å². The fraction of sp³-hybridized carbons (Fsp3) is 0.474. The number of amides is 1. The van der Waals surface area contributed by atoms with Gasteiger partial charge < -0.3 is 19.7 Å². The lowest BCUT2D eigenvalue weighted by Crippen LogP contribution is -2.36. The summed E-state index contributed by atoms with van der Waals surface area (Å²) in [6.45, 7) is 1.31. The van der Waals surface area contributed by atoms with E-state index < -0.39 is 18.3 Å². The highest BCUT2D eigenvalue weighted by atomic mass is 19.4. The van der Waals surface area contributed by atoms with Gasteiger partial charge in [0.05, 0.1) is 6.04 Å². The number of nitrogens with zero attached hydrogens (tertiary/aromatic N) is 3. The lowest BCUT2D eigenvalue weighted by Gasteiger charge is -2.33. The highest BCUT2D eigenvalue weighted by molar-refractivity contribution is 5.93. The molecule has 0 bridgehead atoms. The molecule has 154 valence electrons. The average Bonchev–Trinajstić information content (AvgIpc) is 3.45. The number of carbonyl (C=O) groups is 1. The SMILES string of the molecule is O=C(c1cc2n(n1)C(C(F)(F)F)CC(c1ccc3c(c1)OCO3)N2)N1CCCC1. The molecule has 0 spiro atoms. The fourth-order valence-electron chi connectivity index (χ4n) is 4.11. The number of aromatic nitrogens is 2. The Kier molecular flexibility index (Phi) is 4.11. The van der Waals surface area contributed by atoms with Gasteiger partial charge in [-0.2, -0.15) is 18.3 Å². The Morgan fingerprint density at radius 2 is 1.90 bits per heavy atom. The predicted molar refractivity (Wildman–Crippen MR) is 96.0 cm³/mol. The van der Waals surface area contributed by atoms with E-state index in [-0.39, 0.29) is 30.6 Å². The number of carbonyl (C=O) groups excluding carboxylic acids is 1. The van der Waals surface area contributed by atoms with E-state index in [1.165, 1.54) is 6.07 Å². The molecule has 2 unspecified atom stereocenters. The standard InChI is InChI=1S/C19H19F3N4O3/c20-19(21,22)16-8-12(11-3-4-14-15(7-11)29-10-28-14)23-17-9-13(24-26(16)17)18(27)25-5-1-2-6-25/h3-4,7,9,12,16,23H,1-2,5-6,8,10H2. The molecule has 1 amide bonds. The minimum Gasteiger partial charge on any atom is -0.454 e. The summed E-state index contributed by atoms with van der Waals surface area (Å²) in [6, 6.07) is 4.09. The molecular formula is C19H19F3N4O3. The molecule has 2 atom stereocenters. The minimum atomic E-state index is -4.49. The van der Waals surface area contributed by atoms with Crippen LogP contribution < -0.4 is 14.8 Å². The molecule has 7 nitrogen and oxygen atoms in total. The Labute approximate surface area is 164 Å². The van der Waals surface area contributed by atoms with E-state index in [0.717, 1.165) is 17.5 Å². The molecule has 0 aliphatic carbocycles. The highest BCUT2D eigenvalue weighted by Crippen LogP contribution is 2.45. The second kappa shape index (κ2) is 6.57. The Morgan fingerprint density at radius 1 is 1.14 bits per heavy atom. The molecule has 1 aromatic heterocycles. The van der Waals surface area contributed by atoms with Crippen LogP contribution >= 0.6 is 0 Å². The quantitative estimate of drug-likeness (QED) is 0.824. The topological polar surface area (TPSA) is 68.6 Å². The number of nitrogens with one attached hydrogen (secondary N) is 1. The van der Waals surface area contributed by atoms with Gasteiger partial charge in [-0.15, -0.1) is 0 Å². The normalized spacial score (nSPS) is 23.1. The number of fused-ring (bicyclic) bond motifs is 2. The van der Waals surface area contributed by atoms with Crippen LogP contribution in [0.2, 0.25) is 0 Å². The first-order valence-electron chi connectivity index (χ1n) is 9.52. The van der Waals surface area contributed by atoms with Crippen molar-refractivity contribution in [2.75, 3.05) is 25.2 Å². The van der Waals surface area contributed by atoms with Crippen molar-refractivity contribution in [2.24, 2.45) is 0 Å². The van der Waals surface area contributed by atoms with Crippen LogP contribution in [0.3, 0.4) is 0 Å². The van der Waals surface area contributed by atoms with Crippen molar-refractivity contribution in [1.82, 2.24) is 14.7 Å². The number of benzene rings is 1. The maximum atomic E-state index is 13.8. The lowest BCUT2D eigenvalue weighted by atomic mass is 9.96. The Hall–Kier alpha value is -2.91. The molecule has 1 aromatic carbocycles. The van der Waals surface area contributed by atoms with Crippen molar-refractivity contribution in [3.05, 3.63) is 35.5 Å².